The molecule has 1 fully saturated rings. The number of piperidine rings is 1. The number of amides is 2. The minimum absolute atomic E-state index is 0.0914. The number of likely N-dealkylation sites (tertiary alicyclic amines) is 1. The van der Waals surface area contributed by atoms with Gasteiger partial charge in [0.1, 0.15) is 25.2 Å². The number of nitrogens with one attached hydrogen (secondary N) is 1. The fourth-order valence-electron chi connectivity index (χ4n) is 5.02. The van der Waals surface area contributed by atoms with Crippen LogP contribution in [0.25, 0.3) is 16.6 Å². The first-order valence-corrected chi connectivity index (χ1v) is 12.9. The van der Waals surface area contributed by atoms with Crippen molar-refractivity contribution in [3.05, 3.63) is 95.7 Å². The first kappa shape index (κ1) is 27.8. The van der Waals surface area contributed by atoms with E-state index in [1.165, 1.54) is 0 Å². The zero-order valence-electron chi connectivity index (χ0n) is 21.8. The number of quaternary nitrogens is 1. The standard InChI is InChI=1S/C29H26F3N5O4/c30-29(31,32)28(40)41-37(18-19-5-2-1-3-6-19)15-13-22(14-16-37)34-27(39)20-9-11-23(12-10-20)36-17-21-7-4-8-24(26(33)38)25(21)35-36/h1-12,17,22H,13-16,18H2,(H2-,33,34,38,39)/p+1. The zero-order valence-corrected chi connectivity index (χ0v) is 21.8. The fraction of sp³-hybridized carbons (Fsp3) is 0.241. The second kappa shape index (κ2) is 11.0. The van der Waals surface area contributed by atoms with E-state index in [0.717, 1.165) is 10.9 Å². The molecule has 12 heteroatoms. The van der Waals surface area contributed by atoms with Crippen molar-refractivity contribution in [1.82, 2.24) is 15.1 Å². The molecular formula is C29H27F3N5O4+. The van der Waals surface area contributed by atoms with Crippen LogP contribution in [0.1, 0.15) is 39.1 Å². The Labute approximate surface area is 232 Å². The number of alkyl halides is 3. The highest BCUT2D eigenvalue weighted by molar-refractivity contribution is 6.04. The molecule has 5 rings (SSSR count). The van der Waals surface area contributed by atoms with Crippen molar-refractivity contribution < 1.29 is 37.0 Å². The maximum Gasteiger partial charge on any atom is 0.497 e. The van der Waals surface area contributed by atoms with Gasteiger partial charge in [-0.3, -0.25) is 14.4 Å². The van der Waals surface area contributed by atoms with Gasteiger partial charge in [0.15, 0.2) is 0 Å². The number of hydrogen-bond donors (Lipinski definition) is 2. The highest BCUT2D eigenvalue weighted by Crippen LogP contribution is 2.28. The lowest BCUT2D eigenvalue weighted by Crippen LogP contribution is -2.57. The molecule has 0 aliphatic carbocycles. The Bertz CT molecular complexity index is 1580. The van der Waals surface area contributed by atoms with Gasteiger partial charge in [0.05, 0.1) is 11.3 Å². The minimum atomic E-state index is -5.10. The first-order valence-electron chi connectivity index (χ1n) is 12.9. The number of nitrogens with two attached hydrogens (primary N) is 1. The summed E-state index contributed by atoms with van der Waals surface area (Å²) >= 11 is 0. The largest absolute Gasteiger partial charge is 0.497 e. The van der Waals surface area contributed by atoms with E-state index in [1.54, 1.807) is 77.6 Å². The Balaban J connectivity index is 1.24. The van der Waals surface area contributed by atoms with Crippen molar-refractivity contribution in [3.63, 3.8) is 0 Å². The third kappa shape index (κ3) is 6.22. The lowest BCUT2D eigenvalue weighted by Gasteiger charge is -2.40. The molecule has 212 valence electrons. The van der Waals surface area contributed by atoms with E-state index in [1.807, 2.05) is 6.07 Å². The van der Waals surface area contributed by atoms with Crippen LogP contribution in [-0.2, 0) is 16.2 Å². The quantitative estimate of drug-likeness (QED) is 0.328. The van der Waals surface area contributed by atoms with E-state index in [-0.39, 0.29) is 31.6 Å². The third-order valence-electron chi connectivity index (χ3n) is 7.12. The summed E-state index contributed by atoms with van der Waals surface area (Å²) in [6.07, 6.45) is -2.70. The lowest BCUT2D eigenvalue weighted by molar-refractivity contribution is -1.10. The monoisotopic (exact) mass is 566 g/mol. The van der Waals surface area contributed by atoms with Gasteiger partial charge in [-0.15, -0.1) is 4.65 Å². The molecule has 2 heterocycles. The number of fused-ring (bicyclic) bond motifs is 1. The van der Waals surface area contributed by atoms with Crippen LogP contribution in [-0.4, -0.2) is 57.5 Å². The van der Waals surface area contributed by atoms with Gasteiger partial charge in [-0.05, 0) is 30.3 Å². The van der Waals surface area contributed by atoms with Crippen molar-refractivity contribution in [1.29, 1.82) is 0 Å². The number of nitrogens with zero attached hydrogens (tertiary/aromatic N) is 3. The molecule has 41 heavy (non-hydrogen) atoms. The summed E-state index contributed by atoms with van der Waals surface area (Å²) in [6.45, 7) is 0.315. The summed E-state index contributed by atoms with van der Waals surface area (Å²) in [7, 11) is 0. The van der Waals surface area contributed by atoms with Crippen LogP contribution in [0.15, 0.2) is 79.0 Å². The Morgan fingerprint density at radius 2 is 1.66 bits per heavy atom. The number of aromatic nitrogens is 2. The molecule has 1 saturated heterocycles. The maximum atomic E-state index is 13.0. The maximum absolute atomic E-state index is 13.0. The molecular weight excluding hydrogens is 539 g/mol. The highest BCUT2D eigenvalue weighted by atomic mass is 19.4. The topological polar surface area (TPSA) is 116 Å². The van der Waals surface area contributed by atoms with Gasteiger partial charge in [0, 0.05) is 41.6 Å². The van der Waals surface area contributed by atoms with Crippen LogP contribution in [0, 0.1) is 0 Å². The first-order chi connectivity index (χ1) is 19.5. The Morgan fingerprint density at radius 3 is 2.29 bits per heavy atom. The van der Waals surface area contributed by atoms with Crippen molar-refractivity contribution in [2.24, 2.45) is 5.73 Å². The fourth-order valence-corrected chi connectivity index (χ4v) is 5.02. The Hall–Kier alpha value is -4.71. The molecule has 1 aromatic heterocycles. The van der Waals surface area contributed by atoms with Crippen LogP contribution in [0.3, 0.4) is 0 Å². The number of halogens is 3. The third-order valence-corrected chi connectivity index (χ3v) is 7.12. The number of rotatable bonds is 7. The van der Waals surface area contributed by atoms with Crippen LogP contribution in [0.4, 0.5) is 13.2 Å². The predicted octanol–water partition coefficient (Wildman–Crippen LogP) is 4.05. The number of hydroxylamine groups is 3. The second-order valence-corrected chi connectivity index (χ2v) is 10.0. The number of carbonyl (C=O) groups excluding carboxylic acids is 3. The van der Waals surface area contributed by atoms with Crippen LogP contribution in [0.5, 0.6) is 0 Å². The number of carbonyl (C=O) groups is 3. The summed E-state index contributed by atoms with van der Waals surface area (Å²) in [6, 6.07) is 20.4. The molecule has 2 amide bonds. The summed E-state index contributed by atoms with van der Waals surface area (Å²) < 4.78 is 40.2. The van der Waals surface area contributed by atoms with Crippen LogP contribution >= 0.6 is 0 Å². The molecule has 3 N–H and O–H groups in total. The van der Waals surface area contributed by atoms with Gasteiger partial charge in [-0.25, -0.2) is 9.48 Å². The molecule has 4 aromatic rings. The van der Waals surface area contributed by atoms with Gasteiger partial charge in [-0.2, -0.15) is 18.3 Å². The van der Waals surface area contributed by atoms with Gasteiger partial charge in [-0.1, -0.05) is 42.5 Å². The highest BCUT2D eigenvalue weighted by Gasteiger charge is 2.49. The van der Waals surface area contributed by atoms with Crippen molar-refractivity contribution in [2.45, 2.75) is 31.6 Å². The molecule has 0 saturated carbocycles. The van der Waals surface area contributed by atoms with E-state index in [4.69, 9.17) is 10.6 Å². The number of benzene rings is 3. The minimum Gasteiger partial charge on any atom is -0.366 e. The van der Waals surface area contributed by atoms with Gasteiger partial charge in [0.2, 0.25) is 0 Å². The zero-order chi connectivity index (χ0) is 29.2. The number of hydrogen-bond acceptors (Lipinski definition) is 5. The Kier molecular flexibility index (Phi) is 7.50. The van der Waals surface area contributed by atoms with Crippen molar-refractivity contribution in [3.8, 4) is 5.69 Å². The average Bonchev–Trinajstić information content (AvgIpc) is 3.39. The van der Waals surface area contributed by atoms with E-state index in [9.17, 15) is 27.6 Å². The van der Waals surface area contributed by atoms with Crippen molar-refractivity contribution in [2.75, 3.05) is 13.1 Å². The average molecular weight is 567 g/mol. The summed E-state index contributed by atoms with van der Waals surface area (Å²) in [5, 5.41) is 8.13. The SMILES string of the molecule is NC(=O)c1cccc2cn(-c3ccc(C(=O)NC4CC[N+](Cc5ccccc5)(OC(=O)C(F)(F)F)CC4)cc3)nc12. The summed E-state index contributed by atoms with van der Waals surface area (Å²) in [5.74, 6) is -3.14. The van der Waals surface area contributed by atoms with Gasteiger partial charge < -0.3 is 11.1 Å². The van der Waals surface area contributed by atoms with E-state index in [0.29, 0.717) is 35.2 Å². The molecule has 0 spiro atoms. The Morgan fingerprint density at radius 1 is 0.976 bits per heavy atom. The normalized spacial score (nSPS) is 19.0. The summed E-state index contributed by atoms with van der Waals surface area (Å²) in [4.78, 5) is 41.4. The lowest BCUT2D eigenvalue weighted by atomic mass is 10.0. The van der Waals surface area contributed by atoms with Crippen LogP contribution < -0.4 is 11.1 Å². The van der Waals surface area contributed by atoms with E-state index in [2.05, 4.69) is 10.4 Å². The molecule has 0 radical (unpaired) electrons. The summed E-state index contributed by atoms with van der Waals surface area (Å²) in [5.41, 5.74) is 8.02. The molecule has 0 atom stereocenters. The van der Waals surface area contributed by atoms with Gasteiger partial charge in [0.25, 0.3) is 11.8 Å². The smallest absolute Gasteiger partial charge is 0.366 e. The van der Waals surface area contributed by atoms with E-state index >= 15 is 0 Å². The van der Waals surface area contributed by atoms with Crippen molar-refractivity contribution >= 4 is 28.7 Å². The second-order valence-electron chi connectivity index (χ2n) is 10.0. The molecule has 0 unspecified atom stereocenters. The predicted molar refractivity (Wildman–Crippen MR) is 142 cm³/mol. The number of primary amides is 1. The molecule has 9 nitrogen and oxygen atoms in total. The molecule has 1 aliphatic heterocycles. The van der Waals surface area contributed by atoms with E-state index < -0.39 is 22.7 Å². The molecule has 1 aliphatic rings. The molecule has 3 aromatic carbocycles. The molecule has 0 bridgehead atoms. The van der Waals surface area contributed by atoms with Gasteiger partial charge >= 0.3 is 12.1 Å². The van der Waals surface area contributed by atoms with Crippen LogP contribution in [0.2, 0.25) is 0 Å².